The van der Waals surface area contributed by atoms with Gasteiger partial charge < -0.3 is 39.5 Å². The molecule has 306 valence electrons. The lowest BCUT2D eigenvalue weighted by molar-refractivity contribution is -0.175. The molecule has 0 spiro atoms. The summed E-state index contributed by atoms with van der Waals surface area (Å²) in [6.07, 6.45) is -0.173. The third-order valence-electron chi connectivity index (χ3n) is 10.7. The van der Waals surface area contributed by atoms with Gasteiger partial charge in [0.2, 0.25) is 0 Å². The van der Waals surface area contributed by atoms with Crippen LogP contribution in [0.15, 0.2) is 97.1 Å². The van der Waals surface area contributed by atoms with E-state index < -0.39 is 35.2 Å². The fourth-order valence-electron chi connectivity index (χ4n) is 7.38. The molecule has 0 saturated heterocycles. The van der Waals surface area contributed by atoms with Gasteiger partial charge in [0.25, 0.3) is 0 Å². The quantitative estimate of drug-likeness (QED) is 0.0506. The lowest BCUT2D eigenvalue weighted by Gasteiger charge is -2.30. The van der Waals surface area contributed by atoms with Crippen LogP contribution in [0.1, 0.15) is 61.3 Å². The number of carbonyl (C=O) groups excluding carboxylic acids is 2. The van der Waals surface area contributed by atoms with E-state index in [2.05, 4.69) is 86.4 Å². The molecule has 0 aliphatic heterocycles. The maximum Gasteiger partial charge on any atom is 0.417 e. The van der Waals surface area contributed by atoms with E-state index in [4.69, 9.17) is 18.9 Å². The summed E-state index contributed by atoms with van der Waals surface area (Å²) in [5.41, 5.74) is 7.93. The number of hydrogen-bond donors (Lipinski definition) is 4. The van der Waals surface area contributed by atoms with Crippen LogP contribution < -0.4 is 20.1 Å². The van der Waals surface area contributed by atoms with Crippen molar-refractivity contribution in [2.24, 2.45) is 0 Å². The van der Waals surface area contributed by atoms with Crippen LogP contribution in [0.25, 0.3) is 21.8 Å². The summed E-state index contributed by atoms with van der Waals surface area (Å²) in [7, 11) is 0. The molecule has 0 radical (unpaired) electrons. The van der Waals surface area contributed by atoms with Gasteiger partial charge in [-0.15, -0.1) is 0 Å². The minimum absolute atomic E-state index is 0.0297. The van der Waals surface area contributed by atoms with Crippen molar-refractivity contribution in [2.75, 3.05) is 26.3 Å². The van der Waals surface area contributed by atoms with Gasteiger partial charge in [-0.05, 0) is 115 Å². The minimum atomic E-state index is -1.10. The van der Waals surface area contributed by atoms with Crippen molar-refractivity contribution in [3.05, 3.63) is 131 Å². The smallest absolute Gasteiger partial charge is 0.417 e. The first-order valence-corrected chi connectivity index (χ1v) is 20.1. The summed E-state index contributed by atoms with van der Waals surface area (Å²) >= 11 is 0. The fourth-order valence-corrected chi connectivity index (χ4v) is 7.38. The molecule has 10 nitrogen and oxygen atoms in total. The highest BCUT2D eigenvalue weighted by atomic mass is 16.6. The topological polar surface area (TPSA) is 127 Å². The number of carbonyl (C=O) groups is 2. The van der Waals surface area contributed by atoms with Crippen molar-refractivity contribution in [1.29, 1.82) is 0 Å². The van der Waals surface area contributed by atoms with Crippen molar-refractivity contribution in [3.8, 4) is 11.5 Å². The van der Waals surface area contributed by atoms with Gasteiger partial charge >= 0.3 is 11.9 Å². The zero-order valence-corrected chi connectivity index (χ0v) is 35.1. The highest BCUT2D eigenvalue weighted by Crippen LogP contribution is 2.28. The number of nitrogens with one attached hydrogen (secondary N) is 4. The molecule has 6 rings (SSSR count). The van der Waals surface area contributed by atoms with Crippen LogP contribution in [-0.4, -0.2) is 71.5 Å². The lowest BCUT2D eigenvalue weighted by atomic mass is 9.93. The summed E-state index contributed by atoms with van der Waals surface area (Å²) in [4.78, 5) is 34.2. The molecule has 58 heavy (non-hydrogen) atoms. The average molecular weight is 787 g/mol. The largest absolute Gasteiger partial charge is 0.489 e. The summed E-state index contributed by atoms with van der Waals surface area (Å²) in [6.45, 7) is 17.0. The van der Waals surface area contributed by atoms with Gasteiger partial charge in [0.05, 0.1) is 0 Å². The molecular weight excluding hydrogens is 729 g/mol. The van der Waals surface area contributed by atoms with Crippen LogP contribution in [0.5, 0.6) is 11.5 Å². The molecule has 4 N–H and O–H groups in total. The van der Waals surface area contributed by atoms with E-state index in [1.165, 1.54) is 21.9 Å². The van der Waals surface area contributed by atoms with Crippen LogP contribution in [-0.2, 0) is 31.9 Å². The van der Waals surface area contributed by atoms with Crippen molar-refractivity contribution in [3.63, 3.8) is 0 Å². The van der Waals surface area contributed by atoms with E-state index in [0.29, 0.717) is 11.5 Å². The molecule has 2 unspecified atom stereocenters. The van der Waals surface area contributed by atoms with Gasteiger partial charge in [-0.2, -0.15) is 0 Å². The second-order valence-corrected chi connectivity index (χ2v) is 16.6. The molecule has 10 heteroatoms. The van der Waals surface area contributed by atoms with Crippen LogP contribution in [0, 0.1) is 27.7 Å². The second kappa shape index (κ2) is 18.3. The molecule has 2 atom stereocenters. The summed E-state index contributed by atoms with van der Waals surface area (Å²) in [5.74, 6) is -0.852. The highest BCUT2D eigenvalue weighted by molar-refractivity contribution is 6.29. The number of ether oxygens (including phenoxy) is 4. The molecule has 0 aliphatic carbocycles. The van der Waals surface area contributed by atoms with Crippen LogP contribution in [0.3, 0.4) is 0 Å². The van der Waals surface area contributed by atoms with E-state index in [1.807, 2.05) is 86.6 Å². The van der Waals surface area contributed by atoms with Crippen LogP contribution >= 0.6 is 0 Å². The summed E-state index contributed by atoms with van der Waals surface area (Å²) in [5, 5.41) is 9.52. The highest BCUT2D eigenvalue weighted by Gasteiger charge is 2.30. The Balaban J connectivity index is 1.14. The average Bonchev–Trinajstić information content (AvgIpc) is 3.67. The van der Waals surface area contributed by atoms with Crippen LogP contribution in [0.2, 0.25) is 0 Å². The van der Waals surface area contributed by atoms with E-state index >= 15 is 0 Å². The number of para-hydroxylation sites is 4. The lowest BCUT2D eigenvalue weighted by Crippen LogP contribution is -2.49. The van der Waals surface area contributed by atoms with Gasteiger partial charge in [-0.1, -0.05) is 72.8 Å². The van der Waals surface area contributed by atoms with Gasteiger partial charge in [-0.3, -0.25) is 0 Å². The van der Waals surface area contributed by atoms with Crippen molar-refractivity contribution in [1.82, 2.24) is 20.6 Å². The zero-order chi connectivity index (χ0) is 41.5. The Hall–Kier alpha value is -5.58. The molecule has 2 aromatic heterocycles. The number of aromatic nitrogens is 2. The van der Waals surface area contributed by atoms with Crippen molar-refractivity contribution >= 4 is 33.7 Å². The van der Waals surface area contributed by atoms with E-state index in [1.54, 1.807) is 0 Å². The van der Waals surface area contributed by atoms with Gasteiger partial charge in [0.15, 0.2) is 0 Å². The summed E-state index contributed by atoms with van der Waals surface area (Å²) in [6, 6.07) is 31.8. The Morgan fingerprint density at radius 2 is 0.914 bits per heavy atom. The number of aromatic amines is 2. The number of benzene rings is 4. The van der Waals surface area contributed by atoms with Gasteiger partial charge in [-0.25, -0.2) is 9.59 Å². The van der Waals surface area contributed by atoms with Gasteiger partial charge in [0, 0.05) is 57.4 Å². The first-order valence-electron chi connectivity index (χ1n) is 20.1. The predicted octanol–water partition coefficient (Wildman–Crippen LogP) is 8.39. The molecule has 0 bridgehead atoms. The first kappa shape index (κ1) is 42.0. The zero-order valence-electron chi connectivity index (χ0n) is 35.1. The normalized spacial score (nSPS) is 13.0. The minimum Gasteiger partial charge on any atom is -0.489 e. The molecule has 6 aromatic rings. The third kappa shape index (κ3) is 10.9. The number of esters is 2. The molecule has 2 heterocycles. The number of aryl methyl sites for hydroxylation is 4. The first-order chi connectivity index (χ1) is 27.7. The SMILES string of the molecule is Cc1ccccc1OCC(CNC(C)(C)Cc1c(C)[nH]c2ccccc12)OC(=O)C(=O)OC(CNC(C)(C)Cc1c(C)[nH]c2ccccc12)COc1ccccc1C. The van der Waals surface area contributed by atoms with Crippen molar-refractivity contribution < 1.29 is 28.5 Å². The Labute approximate surface area is 342 Å². The maximum atomic E-state index is 13.6. The molecule has 4 aromatic carbocycles. The second-order valence-electron chi connectivity index (χ2n) is 16.6. The van der Waals surface area contributed by atoms with E-state index in [0.717, 1.165) is 46.4 Å². The Morgan fingerprint density at radius 3 is 1.31 bits per heavy atom. The predicted molar refractivity (Wildman–Crippen MR) is 231 cm³/mol. The number of fused-ring (bicyclic) bond motifs is 2. The fraction of sp³-hybridized carbons (Fsp3) is 0.375. The van der Waals surface area contributed by atoms with Crippen molar-refractivity contribution in [2.45, 2.75) is 91.5 Å². The standard InChI is InChI=1S/C48H58N4O6/c1-31-17-9-15-23-43(31)55-29-35(27-49-47(5,6)25-39-33(3)51-41-21-13-11-19-37(39)41)57-45(53)46(54)58-36(30-56-44-24-16-10-18-32(44)2)28-50-48(7,8)26-40-34(4)52-42-22-14-12-20-38(40)42/h9-24,35-36,49-52H,25-30H2,1-8H3. The molecule has 0 saturated carbocycles. The Kier molecular flexibility index (Phi) is 13.3. The molecule has 0 aliphatic rings. The van der Waals surface area contributed by atoms with E-state index in [-0.39, 0.29) is 26.3 Å². The van der Waals surface area contributed by atoms with E-state index in [9.17, 15) is 9.59 Å². The van der Waals surface area contributed by atoms with Gasteiger partial charge in [0.1, 0.15) is 36.9 Å². The number of H-pyrrole nitrogens is 2. The van der Waals surface area contributed by atoms with Crippen LogP contribution in [0.4, 0.5) is 0 Å². The monoisotopic (exact) mass is 786 g/mol. The Morgan fingerprint density at radius 1 is 0.552 bits per heavy atom. The summed E-state index contributed by atoms with van der Waals surface area (Å²) < 4.78 is 24.1. The number of rotatable bonds is 18. The Bertz CT molecular complexity index is 2180. The molecular formula is C48H58N4O6. The maximum absolute atomic E-state index is 13.6. The molecule has 0 amide bonds. The third-order valence-corrected chi connectivity index (χ3v) is 10.7. The number of hydrogen-bond acceptors (Lipinski definition) is 8. The molecule has 0 fully saturated rings.